The van der Waals surface area contributed by atoms with E-state index in [1.54, 1.807) is 4.68 Å². The lowest BCUT2D eigenvalue weighted by atomic mass is 9.89. The lowest BCUT2D eigenvalue weighted by Gasteiger charge is -2.34. The molecule has 2 aromatic rings. The zero-order valence-electron chi connectivity index (χ0n) is 14.8. The molecule has 130 valence electrons. The standard InChI is InChI=1S/C18H27N5O/c1-4-14(5-2)16-12-15(9-11-24-16)19-17-6-7-18(21-20-17)23-10-8-13(3)22-23/h6-8,10,14-16H,4-5,9,11-12H2,1-3H3,(H,19,20). The van der Waals surface area contributed by atoms with Crippen LogP contribution in [0.1, 0.15) is 45.2 Å². The van der Waals surface area contributed by atoms with Crippen molar-refractivity contribution in [2.45, 2.75) is 58.6 Å². The van der Waals surface area contributed by atoms with Gasteiger partial charge in [0.1, 0.15) is 5.82 Å². The van der Waals surface area contributed by atoms with Gasteiger partial charge < -0.3 is 10.1 Å². The van der Waals surface area contributed by atoms with Gasteiger partial charge in [-0.3, -0.25) is 0 Å². The Morgan fingerprint density at radius 3 is 2.71 bits per heavy atom. The molecule has 2 unspecified atom stereocenters. The monoisotopic (exact) mass is 329 g/mol. The molecule has 0 bridgehead atoms. The summed E-state index contributed by atoms with van der Waals surface area (Å²) in [5, 5.41) is 16.4. The molecule has 2 aromatic heterocycles. The number of ether oxygens (including phenoxy) is 1. The first-order valence-electron chi connectivity index (χ1n) is 8.94. The summed E-state index contributed by atoms with van der Waals surface area (Å²) < 4.78 is 7.72. The molecule has 6 nitrogen and oxygen atoms in total. The number of anilines is 1. The van der Waals surface area contributed by atoms with Crippen molar-refractivity contribution in [3.8, 4) is 5.82 Å². The lowest BCUT2D eigenvalue weighted by Crippen LogP contribution is -2.38. The Bertz CT molecular complexity index is 635. The average molecular weight is 329 g/mol. The molecule has 0 amide bonds. The van der Waals surface area contributed by atoms with Gasteiger partial charge in [0.05, 0.1) is 11.8 Å². The van der Waals surface area contributed by atoms with E-state index in [-0.39, 0.29) is 0 Å². The van der Waals surface area contributed by atoms with Crippen LogP contribution in [0.3, 0.4) is 0 Å². The van der Waals surface area contributed by atoms with E-state index in [4.69, 9.17) is 4.74 Å². The van der Waals surface area contributed by atoms with Crippen molar-refractivity contribution < 1.29 is 4.74 Å². The van der Waals surface area contributed by atoms with Crippen molar-refractivity contribution in [2.24, 2.45) is 5.92 Å². The quantitative estimate of drug-likeness (QED) is 0.880. The van der Waals surface area contributed by atoms with Crippen molar-refractivity contribution in [1.29, 1.82) is 0 Å². The first-order valence-corrected chi connectivity index (χ1v) is 8.94. The summed E-state index contributed by atoms with van der Waals surface area (Å²) in [6.07, 6.45) is 6.64. The highest BCUT2D eigenvalue weighted by Gasteiger charge is 2.27. The molecule has 3 rings (SSSR count). The molecule has 1 saturated heterocycles. The fraction of sp³-hybridized carbons (Fsp3) is 0.611. The van der Waals surface area contributed by atoms with Crippen molar-refractivity contribution >= 4 is 5.82 Å². The first-order chi connectivity index (χ1) is 11.7. The molecule has 2 atom stereocenters. The van der Waals surface area contributed by atoms with E-state index in [0.717, 1.165) is 36.8 Å². The molecule has 0 spiro atoms. The summed E-state index contributed by atoms with van der Waals surface area (Å²) >= 11 is 0. The molecule has 1 fully saturated rings. The molecule has 1 N–H and O–H groups in total. The van der Waals surface area contributed by atoms with E-state index in [1.807, 2.05) is 31.3 Å². The van der Waals surface area contributed by atoms with E-state index in [1.165, 1.54) is 12.8 Å². The molecule has 6 heteroatoms. The molecule has 0 radical (unpaired) electrons. The van der Waals surface area contributed by atoms with Crippen LogP contribution < -0.4 is 5.32 Å². The van der Waals surface area contributed by atoms with Crippen LogP contribution in [0.15, 0.2) is 24.4 Å². The highest BCUT2D eigenvalue weighted by atomic mass is 16.5. The number of nitrogens with one attached hydrogen (secondary N) is 1. The maximum Gasteiger partial charge on any atom is 0.175 e. The Labute approximate surface area is 143 Å². The van der Waals surface area contributed by atoms with E-state index in [0.29, 0.717) is 18.1 Å². The summed E-state index contributed by atoms with van der Waals surface area (Å²) in [5.41, 5.74) is 0.966. The Hall–Kier alpha value is -1.95. The van der Waals surface area contributed by atoms with E-state index in [9.17, 15) is 0 Å². The average Bonchev–Trinajstić information content (AvgIpc) is 3.04. The summed E-state index contributed by atoms with van der Waals surface area (Å²) in [6.45, 7) is 7.27. The van der Waals surface area contributed by atoms with Gasteiger partial charge in [-0.05, 0) is 43.9 Å². The second kappa shape index (κ2) is 7.75. The minimum absolute atomic E-state index is 0.352. The Morgan fingerprint density at radius 1 is 1.25 bits per heavy atom. The van der Waals surface area contributed by atoms with Crippen LogP contribution in [0.2, 0.25) is 0 Å². The Kier molecular flexibility index (Phi) is 5.45. The number of rotatable bonds is 6. The number of aryl methyl sites for hydroxylation is 1. The first kappa shape index (κ1) is 16.9. The molecule has 0 aromatic carbocycles. The molecule has 3 heterocycles. The van der Waals surface area contributed by atoms with E-state index in [2.05, 4.69) is 34.5 Å². The van der Waals surface area contributed by atoms with Crippen LogP contribution in [0, 0.1) is 12.8 Å². The third-order valence-corrected chi connectivity index (χ3v) is 4.85. The third kappa shape index (κ3) is 3.93. The summed E-state index contributed by atoms with van der Waals surface area (Å²) in [7, 11) is 0. The zero-order valence-corrected chi connectivity index (χ0v) is 14.8. The second-order valence-corrected chi connectivity index (χ2v) is 6.53. The fourth-order valence-corrected chi connectivity index (χ4v) is 3.38. The number of hydrogen-bond donors (Lipinski definition) is 1. The number of nitrogens with zero attached hydrogens (tertiary/aromatic N) is 4. The molecule has 1 aliphatic rings. The lowest BCUT2D eigenvalue weighted by molar-refractivity contribution is -0.0271. The van der Waals surface area contributed by atoms with Gasteiger partial charge >= 0.3 is 0 Å². The minimum atomic E-state index is 0.352. The molecular weight excluding hydrogens is 302 g/mol. The zero-order chi connectivity index (χ0) is 16.9. The summed E-state index contributed by atoms with van der Waals surface area (Å²) in [4.78, 5) is 0. The maximum absolute atomic E-state index is 5.98. The number of hydrogen-bond acceptors (Lipinski definition) is 5. The molecule has 0 saturated carbocycles. The normalized spacial score (nSPS) is 21.2. The van der Waals surface area contributed by atoms with Crippen molar-refractivity contribution in [3.05, 3.63) is 30.1 Å². The van der Waals surface area contributed by atoms with Crippen LogP contribution in [0.5, 0.6) is 0 Å². The van der Waals surface area contributed by atoms with Gasteiger partial charge in [-0.25, -0.2) is 4.68 Å². The van der Waals surface area contributed by atoms with Crippen LogP contribution in [-0.2, 0) is 4.74 Å². The summed E-state index contributed by atoms with van der Waals surface area (Å²) in [6, 6.07) is 6.27. The van der Waals surface area contributed by atoms with E-state index >= 15 is 0 Å². The maximum atomic E-state index is 5.98. The predicted octanol–water partition coefficient (Wildman–Crippen LogP) is 3.37. The van der Waals surface area contributed by atoms with Gasteiger partial charge in [-0.1, -0.05) is 26.7 Å². The smallest absolute Gasteiger partial charge is 0.175 e. The molecule has 1 aliphatic heterocycles. The molecule has 0 aliphatic carbocycles. The fourth-order valence-electron chi connectivity index (χ4n) is 3.38. The van der Waals surface area contributed by atoms with Gasteiger partial charge in [0.2, 0.25) is 0 Å². The van der Waals surface area contributed by atoms with Gasteiger partial charge in [-0.2, -0.15) is 5.10 Å². The molecular formula is C18H27N5O. The van der Waals surface area contributed by atoms with Crippen molar-refractivity contribution in [1.82, 2.24) is 20.0 Å². The number of aromatic nitrogens is 4. The third-order valence-electron chi connectivity index (χ3n) is 4.85. The SMILES string of the molecule is CCC(CC)C1CC(Nc2ccc(-n3ccc(C)n3)nn2)CCO1. The molecule has 24 heavy (non-hydrogen) atoms. The van der Waals surface area contributed by atoms with Gasteiger partial charge in [0, 0.05) is 18.8 Å². The van der Waals surface area contributed by atoms with Crippen molar-refractivity contribution in [3.63, 3.8) is 0 Å². The van der Waals surface area contributed by atoms with Gasteiger partial charge in [0.15, 0.2) is 5.82 Å². The van der Waals surface area contributed by atoms with Gasteiger partial charge in [-0.15, -0.1) is 10.2 Å². The minimum Gasteiger partial charge on any atom is -0.378 e. The van der Waals surface area contributed by atoms with Crippen LogP contribution >= 0.6 is 0 Å². The predicted molar refractivity (Wildman–Crippen MR) is 94.3 cm³/mol. The van der Waals surface area contributed by atoms with Crippen LogP contribution in [0.25, 0.3) is 5.82 Å². The van der Waals surface area contributed by atoms with E-state index < -0.39 is 0 Å². The Balaban J connectivity index is 1.61. The highest BCUT2D eigenvalue weighted by molar-refractivity contribution is 5.37. The topological polar surface area (TPSA) is 64.9 Å². The van der Waals surface area contributed by atoms with Crippen LogP contribution in [-0.4, -0.2) is 38.7 Å². The highest BCUT2D eigenvalue weighted by Crippen LogP contribution is 2.26. The Morgan fingerprint density at radius 2 is 2.08 bits per heavy atom. The largest absolute Gasteiger partial charge is 0.378 e. The summed E-state index contributed by atoms with van der Waals surface area (Å²) in [5.74, 6) is 2.19. The van der Waals surface area contributed by atoms with Crippen LogP contribution in [0.4, 0.5) is 5.82 Å². The van der Waals surface area contributed by atoms with Gasteiger partial charge in [0.25, 0.3) is 0 Å². The second-order valence-electron chi connectivity index (χ2n) is 6.53. The van der Waals surface area contributed by atoms with Crippen molar-refractivity contribution in [2.75, 3.05) is 11.9 Å².